The third-order valence-corrected chi connectivity index (χ3v) is 6.30. The summed E-state index contributed by atoms with van der Waals surface area (Å²) in [5.74, 6) is 0.113. The van der Waals surface area contributed by atoms with E-state index in [1.54, 1.807) is 6.92 Å². The highest BCUT2D eigenvalue weighted by atomic mass is 16.5. The van der Waals surface area contributed by atoms with Crippen molar-refractivity contribution in [1.82, 2.24) is 15.0 Å². The summed E-state index contributed by atoms with van der Waals surface area (Å²) in [6.45, 7) is 8.70. The first-order valence-electron chi connectivity index (χ1n) is 13.7. The lowest BCUT2D eigenvalue weighted by Gasteiger charge is -2.07. The molecular weight excluding hydrogens is 450 g/mol. The van der Waals surface area contributed by atoms with Crippen LogP contribution in [0.2, 0.25) is 0 Å². The van der Waals surface area contributed by atoms with Gasteiger partial charge in [0.25, 0.3) is 0 Å². The average molecular weight is 494 g/mol. The molecule has 0 amide bonds. The molecule has 0 aromatic carbocycles. The zero-order chi connectivity index (χ0) is 25.8. The molecule has 3 aromatic rings. The van der Waals surface area contributed by atoms with E-state index in [2.05, 4.69) is 40.1 Å². The molecule has 0 saturated heterocycles. The fourth-order valence-electron chi connectivity index (χ4n) is 4.47. The normalized spacial score (nSPS) is 12.4. The van der Waals surface area contributed by atoms with Gasteiger partial charge in [0.05, 0.1) is 30.3 Å². The molecule has 36 heavy (non-hydrogen) atoms. The van der Waals surface area contributed by atoms with Crippen LogP contribution in [0, 0.1) is 6.92 Å². The number of hydrogen-bond acceptors (Lipinski definition) is 3. The second-order valence-corrected chi connectivity index (χ2v) is 9.31. The fourth-order valence-corrected chi connectivity index (χ4v) is 4.47. The van der Waals surface area contributed by atoms with Crippen LogP contribution < -0.4 is 15.4 Å². The van der Waals surface area contributed by atoms with Crippen molar-refractivity contribution in [3.8, 4) is 17.1 Å². The van der Waals surface area contributed by atoms with Crippen LogP contribution in [0.15, 0.2) is 24.3 Å². The van der Waals surface area contributed by atoms with Crippen LogP contribution in [-0.4, -0.2) is 34.1 Å². The Morgan fingerprint density at radius 3 is 2.22 bits per heavy atom. The van der Waals surface area contributed by atoms with Crippen LogP contribution in [0.25, 0.3) is 23.5 Å². The Hall–Kier alpha value is -3.15. The van der Waals surface area contributed by atoms with Gasteiger partial charge in [0.1, 0.15) is 5.56 Å². The summed E-state index contributed by atoms with van der Waals surface area (Å²) >= 11 is 0. The van der Waals surface area contributed by atoms with E-state index in [9.17, 15) is 4.79 Å². The van der Waals surface area contributed by atoms with E-state index in [4.69, 9.17) is 9.47 Å². The number of carbonyl (C=O) groups is 1. The minimum atomic E-state index is -0.398. The first-order valence-corrected chi connectivity index (χ1v) is 13.7. The molecular formula is C30H43N3O3. The highest BCUT2D eigenvalue weighted by molar-refractivity contribution is 6.00. The molecule has 0 fully saturated rings. The lowest BCUT2D eigenvalue weighted by Crippen LogP contribution is -2.10. The van der Waals surface area contributed by atoms with Crippen LogP contribution in [0.4, 0.5) is 0 Å². The molecule has 0 bridgehead atoms. The van der Waals surface area contributed by atoms with E-state index < -0.39 is 5.97 Å². The maximum Gasteiger partial charge on any atom is 0.344 e. The summed E-state index contributed by atoms with van der Waals surface area (Å²) in [6.07, 6.45) is 16.0. The van der Waals surface area contributed by atoms with Crippen molar-refractivity contribution in [1.29, 1.82) is 0 Å². The molecule has 3 heterocycles. The van der Waals surface area contributed by atoms with Gasteiger partial charge in [0, 0.05) is 16.4 Å². The number of rotatable bonds is 15. The molecule has 6 nitrogen and oxygen atoms in total. The maximum absolute atomic E-state index is 12.9. The number of nitrogens with one attached hydrogen (secondary N) is 3. The van der Waals surface area contributed by atoms with Gasteiger partial charge in [-0.15, -0.1) is 0 Å². The van der Waals surface area contributed by atoms with Crippen LogP contribution in [0.3, 0.4) is 0 Å². The maximum atomic E-state index is 12.9. The molecule has 6 heteroatoms. The molecule has 0 atom stereocenters. The van der Waals surface area contributed by atoms with E-state index >= 15 is 0 Å². The van der Waals surface area contributed by atoms with E-state index in [0.717, 1.165) is 34.2 Å². The molecule has 3 N–H and O–H groups in total. The number of aryl methyl sites for hydroxylation is 1. The third-order valence-electron chi connectivity index (χ3n) is 6.30. The second kappa shape index (κ2) is 14.4. The van der Waals surface area contributed by atoms with Crippen molar-refractivity contribution in [2.75, 3.05) is 13.2 Å². The van der Waals surface area contributed by atoms with Crippen molar-refractivity contribution >= 4 is 18.1 Å². The van der Waals surface area contributed by atoms with Gasteiger partial charge in [0.15, 0.2) is 5.75 Å². The van der Waals surface area contributed by atoms with Gasteiger partial charge in [-0.1, -0.05) is 57.9 Å². The van der Waals surface area contributed by atoms with Crippen LogP contribution in [0.5, 0.6) is 5.75 Å². The molecule has 0 aliphatic carbocycles. The molecule has 3 aromatic heterocycles. The van der Waals surface area contributed by atoms with Gasteiger partial charge in [-0.2, -0.15) is 0 Å². The Bertz CT molecular complexity index is 1200. The Kier molecular flexibility index (Phi) is 11.0. The van der Waals surface area contributed by atoms with E-state index in [1.807, 2.05) is 32.1 Å². The SMILES string of the molecule is CCCCCCCCCCC=c1ccc(=Cc2[nH]c(-c3ccc(C)[nH]3)c(C(=O)OCC)c2OCC)[nH]1. The van der Waals surface area contributed by atoms with Crippen molar-refractivity contribution < 1.29 is 14.3 Å². The molecule has 196 valence electrons. The Morgan fingerprint density at radius 2 is 1.56 bits per heavy atom. The summed E-state index contributed by atoms with van der Waals surface area (Å²) in [4.78, 5) is 23.1. The molecule has 0 aliphatic rings. The Balaban J connectivity index is 1.78. The number of hydrogen-bond donors (Lipinski definition) is 3. The first-order chi connectivity index (χ1) is 17.6. The van der Waals surface area contributed by atoms with Crippen molar-refractivity contribution in [2.45, 2.75) is 85.5 Å². The third kappa shape index (κ3) is 7.67. The quantitative estimate of drug-likeness (QED) is 0.170. The fraction of sp³-hybridized carbons (Fsp3) is 0.500. The van der Waals surface area contributed by atoms with Crippen LogP contribution >= 0.6 is 0 Å². The molecule has 0 aliphatic heterocycles. The first kappa shape index (κ1) is 27.4. The molecule has 0 radical (unpaired) electrons. The summed E-state index contributed by atoms with van der Waals surface area (Å²) in [7, 11) is 0. The highest BCUT2D eigenvalue weighted by Crippen LogP contribution is 2.35. The smallest absolute Gasteiger partial charge is 0.344 e. The summed E-state index contributed by atoms with van der Waals surface area (Å²) < 4.78 is 11.3. The summed E-state index contributed by atoms with van der Waals surface area (Å²) in [5, 5.41) is 2.06. The van der Waals surface area contributed by atoms with Gasteiger partial charge < -0.3 is 24.4 Å². The summed E-state index contributed by atoms with van der Waals surface area (Å²) in [5.41, 5.74) is 3.66. The average Bonchev–Trinajstić information content (AvgIpc) is 3.58. The van der Waals surface area contributed by atoms with Crippen molar-refractivity contribution in [3.05, 3.63) is 51.9 Å². The van der Waals surface area contributed by atoms with E-state index in [1.165, 1.54) is 51.4 Å². The zero-order valence-electron chi connectivity index (χ0n) is 22.5. The standard InChI is InChI=1S/C30H43N3O3/c1-5-8-9-10-11-12-13-14-15-16-23-18-19-24(32-23)21-26-29(35-6-2)27(30(34)36-7-3)28(33-26)25-20-17-22(4)31-25/h16-21,31-33H,5-15H2,1-4H3. The van der Waals surface area contributed by atoms with Crippen molar-refractivity contribution in [2.24, 2.45) is 0 Å². The molecule has 3 rings (SSSR count). The number of unbranched alkanes of at least 4 members (excludes halogenated alkanes) is 8. The van der Waals surface area contributed by atoms with Gasteiger partial charge in [-0.05, 0) is 64.0 Å². The zero-order valence-corrected chi connectivity index (χ0v) is 22.5. The minimum absolute atomic E-state index is 0.298. The number of aromatic amines is 3. The predicted octanol–water partition coefficient (Wildman–Crippen LogP) is 6.36. The Morgan fingerprint density at radius 1 is 0.833 bits per heavy atom. The number of H-pyrrole nitrogens is 3. The predicted molar refractivity (Wildman–Crippen MR) is 148 cm³/mol. The topological polar surface area (TPSA) is 82.9 Å². The van der Waals surface area contributed by atoms with E-state index in [0.29, 0.717) is 30.2 Å². The van der Waals surface area contributed by atoms with Crippen LogP contribution in [-0.2, 0) is 4.74 Å². The number of aromatic nitrogens is 3. The van der Waals surface area contributed by atoms with Gasteiger partial charge >= 0.3 is 5.97 Å². The molecule has 0 spiro atoms. The number of carbonyl (C=O) groups excluding carboxylic acids is 1. The highest BCUT2D eigenvalue weighted by Gasteiger charge is 2.26. The largest absolute Gasteiger partial charge is 0.491 e. The van der Waals surface area contributed by atoms with Crippen molar-refractivity contribution in [3.63, 3.8) is 0 Å². The molecule has 0 saturated carbocycles. The molecule has 0 unspecified atom stereocenters. The van der Waals surface area contributed by atoms with Gasteiger partial charge in [-0.25, -0.2) is 4.79 Å². The second-order valence-electron chi connectivity index (χ2n) is 9.31. The number of ether oxygens (including phenoxy) is 2. The minimum Gasteiger partial charge on any atom is -0.491 e. The van der Waals surface area contributed by atoms with E-state index in [-0.39, 0.29) is 0 Å². The summed E-state index contributed by atoms with van der Waals surface area (Å²) in [6, 6.07) is 8.09. The van der Waals surface area contributed by atoms with Crippen LogP contribution in [0.1, 0.15) is 100 Å². The van der Waals surface area contributed by atoms with Gasteiger partial charge in [0.2, 0.25) is 0 Å². The lowest BCUT2D eigenvalue weighted by molar-refractivity contribution is 0.0523. The lowest BCUT2D eigenvalue weighted by atomic mass is 10.1. The monoisotopic (exact) mass is 493 g/mol. The Labute approximate surface area is 215 Å². The number of esters is 1. The van der Waals surface area contributed by atoms with Gasteiger partial charge in [-0.3, -0.25) is 0 Å².